The van der Waals surface area contributed by atoms with E-state index in [1.54, 1.807) is 0 Å². The van der Waals surface area contributed by atoms with Crippen LogP contribution in [0.25, 0.3) is 11.1 Å². The lowest BCUT2D eigenvalue weighted by Crippen LogP contribution is -2.40. The van der Waals surface area contributed by atoms with Gasteiger partial charge < -0.3 is 15.0 Å². The quantitative estimate of drug-likeness (QED) is 0.388. The molecule has 0 unspecified atom stereocenters. The van der Waals surface area contributed by atoms with Gasteiger partial charge >= 0.3 is 0 Å². The Hall–Kier alpha value is -3.15. The second-order valence-electron chi connectivity index (χ2n) is 11.3. The van der Waals surface area contributed by atoms with Gasteiger partial charge in [-0.3, -0.25) is 9.69 Å². The third-order valence-corrected chi connectivity index (χ3v) is 6.87. The molecule has 1 heterocycles. The second kappa shape index (κ2) is 12.4. The lowest BCUT2D eigenvalue weighted by atomic mass is 9.93. The maximum absolute atomic E-state index is 12.8. The summed E-state index contributed by atoms with van der Waals surface area (Å²) in [6.45, 7) is 8.84. The predicted octanol–water partition coefficient (Wildman–Crippen LogP) is 5.71. The largest absolute Gasteiger partial charge is 0.490 e. The average molecular weight is 500 g/mol. The van der Waals surface area contributed by atoms with Crippen LogP contribution in [0.2, 0.25) is 0 Å². The van der Waals surface area contributed by atoms with Crippen LogP contribution in [0.15, 0.2) is 78.9 Å². The maximum Gasteiger partial charge on any atom is 0.251 e. The summed E-state index contributed by atoms with van der Waals surface area (Å²) >= 11 is 0. The van der Waals surface area contributed by atoms with Crippen LogP contribution in [0, 0.1) is 5.41 Å². The number of hydrogen-bond acceptors (Lipinski definition) is 4. The Morgan fingerprint density at radius 1 is 0.946 bits per heavy atom. The van der Waals surface area contributed by atoms with E-state index in [0.717, 1.165) is 44.8 Å². The zero-order valence-electron chi connectivity index (χ0n) is 22.7. The molecule has 37 heavy (non-hydrogen) atoms. The first kappa shape index (κ1) is 26.9. The molecule has 0 aliphatic carbocycles. The van der Waals surface area contributed by atoms with Gasteiger partial charge in [-0.2, -0.15) is 0 Å². The van der Waals surface area contributed by atoms with Gasteiger partial charge in [-0.1, -0.05) is 74.5 Å². The van der Waals surface area contributed by atoms with E-state index in [1.807, 2.05) is 30.3 Å². The number of ether oxygens (including phenoxy) is 1. The Morgan fingerprint density at radius 3 is 2.30 bits per heavy atom. The summed E-state index contributed by atoms with van der Waals surface area (Å²) in [6, 6.07) is 27.0. The standard InChI is InChI=1S/C32H41N3O2/c1-32(2,24-34(3)4)23-33-31(36)28-11-8-12-30(21-28)37-29-17-19-35(20-18-29)22-25-13-15-27(16-14-25)26-9-6-5-7-10-26/h5-16,21,29H,17-20,22-24H2,1-4H3,(H,33,36). The van der Waals surface area contributed by atoms with Gasteiger partial charge in [-0.15, -0.1) is 0 Å². The van der Waals surface area contributed by atoms with Crippen LogP contribution in [0.3, 0.4) is 0 Å². The van der Waals surface area contributed by atoms with Crippen molar-refractivity contribution in [2.75, 3.05) is 40.3 Å². The van der Waals surface area contributed by atoms with E-state index in [9.17, 15) is 4.79 Å². The van der Waals surface area contributed by atoms with Gasteiger partial charge in [0.25, 0.3) is 5.91 Å². The van der Waals surface area contributed by atoms with Crippen molar-refractivity contribution in [1.29, 1.82) is 0 Å². The van der Waals surface area contributed by atoms with Gasteiger partial charge in [0.05, 0.1) is 0 Å². The zero-order chi connectivity index (χ0) is 26.3. The number of carbonyl (C=O) groups excluding carboxylic acids is 1. The molecule has 1 amide bonds. The number of rotatable bonds is 10. The minimum Gasteiger partial charge on any atom is -0.490 e. The van der Waals surface area contributed by atoms with Crippen molar-refractivity contribution in [2.24, 2.45) is 5.41 Å². The molecular formula is C32H41N3O2. The molecule has 5 nitrogen and oxygen atoms in total. The summed E-state index contributed by atoms with van der Waals surface area (Å²) in [4.78, 5) is 17.4. The van der Waals surface area contributed by atoms with Crippen LogP contribution < -0.4 is 10.1 Å². The predicted molar refractivity (Wildman–Crippen MR) is 152 cm³/mol. The van der Waals surface area contributed by atoms with Crippen molar-refractivity contribution in [3.8, 4) is 16.9 Å². The average Bonchev–Trinajstić information content (AvgIpc) is 2.89. The van der Waals surface area contributed by atoms with Gasteiger partial charge in [0.1, 0.15) is 11.9 Å². The summed E-state index contributed by atoms with van der Waals surface area (Å²) in [5.41, 5.74) is 4.50. The number of carbonyl (C=O) groups is 1. The second-order valence-corrected chi connectivity index (χ2v) is 11.3. The van der Waals surface area contributed by atoms with Gasteiger partial charge in [0.15, 0.2) is 0 Å². The van der Waals surface area contributed by atoms with Crippen molar-refractivity contribution < 1.29 is 9.53 Å². The fourth-order valence-corrected chi connectivity index (χ4v) is 5.11. The summed E-state index contributed by atoms with van der Waals surface area (Å²) in [7, 11) is 4.11. The van der Waals surface area contributed by atoms with Gasteiger partial charge in [-0.05, 0) is 67.2 Å². The Kier molecular flexibility index (Phi) is 9.01. The van der Waals surface area contributed by atoms with E-state index in [0.29, 0.717) is 12.1 Å². The molecule has 4 rings (SSSR count). The Bertz CT molecular complexity index is 1130. The van der Waals surface area contributed by atoms with E-state index in [-0.39, 0.29) is 17.4 Å². The minimum atomic E-state index is -0.0506. The maximum atomic E-state index is 12.8. The molecule has 1 N–H and O–H groups in total. The van der Waals surface area contributed by atoms with Gasteiger partial charge in [-0.25, -0.2) is 0 Å². The fraction of sp³-hybridized carbons (Fsp3) is 0.406. The highest BCUT2D eigenvalue weighted by Crippen LogP contribution is 2.23. The molecule has 1 aliphatic heterocycles. The highest BCUT2D eigenvalue weighted by atomic mass is 16.5. The number of piperidine rings is 1. The van der Waals surface area contributed by atoms with Crippen molar-refractivity contribution in [3.05, 3.63) is 90.0 Å². The fourth-order valence-electron chi connectivity index (χ4n) is 5.11. The Labute approximate surface area is 222 Å². The number of nitrogens with zero attached hydrogens (tertiary/aromatic N) is 2. The molecule has 0 aromatic heterocycles. The lowest BCUT2D eigenvalue weighted by molar-refractivity contribution is 0.0918. The molecular weight excluding hydrogens is 458 g/mol. The smallest absolute Gasteiger partial charge is 0.251 e. The van der Waals surface area contributed by atoms with Crippen LogP contribution in [0.5, 0.6) is 5.75 Å². The summed E-state index contributed by atoms with van der Waals surface area (Å²) in [5, 5.41) is 3.09. The number of hydrogen-bond donors (Lipinski definition) is 1. The monoisotopic (exact) mass is 499 g/mol. The number of benzene rings is 3. The molecule has 0 spiro atoms. The molecule has 0 atom stereocenters. The molecule has 3 aromatic carbocycles. The van der Waals surface area contributed by atoms with Crippen molar-refractivity contribution >= 4 is 5.91 Å². The lowest BCUT2D eigenvalue weighted by Gasteiger charge is -2.32. The molecule has 1 saturated heterocycles. The van der Waals surface area contributed by atoms with Gasteiger partial charge in [0.2, 0.25) is 0 Å². The van der Waals surface area contributed by atoms with E-state index < -0.39 is 0 Å². The molecule has 0 radical (unpaired) electrons. The molecule has 0 bridgehead atoms. The summed E-state index contributed by atoms with van der Waals surface area (Å²) in [6.07, 6.45) is 2.14. The van der Waals surface area contributed by atoms with Crippen LogP contribution in [-0.2, 0) is 6.54 Å². The normalized spacial score (nSPS) is 15.1. The van der Waals surface area contributed by atoms with E-state index in [2.05, 4.69) is 91.6 Å². The SMILES string of the molecule is CN(C)CC(C)(C)CNC(=O)c1cccc(OC2CCN(Cc3ccc(-c4ccccc4)cc3)CC2)c1. The summed E-state index contributed by atoms with van der Waals surface area (Å²) < 4.78 is 6.29. The van der Waals surface area contributed by atoms with Crippen LogP contribution in [-0.4, -0.2) is 62.1 Å². The number of likely N-dealkylation sites (tertiary alicyclic amines) is 1. The van der Waals surface area contributed by atoms with Crippen LogP contribution in [0.4, 0.5) is 0 Å². The molecule has 5 heteroatoms. The molecule has 3 aromatic rings. The van der Waals surface area contributed by atoms with Gasteiger partial charge in [0, 0.05) is 38.3 Å². The highest BCUT2D eigenvalue weighted by molar-refractivity contribution is 5.94. The Morgan fingerprint density at radius 2 is 1.62 bits per heavy atom. The van der Waals surface area contributed by atoms with E-state index in [4.69, 9.17) is 4.74 Å². The summed E-state index contributed by atoms with van der Waals surface area (Å²) in [5.74, 6) is 0.723. The van der Waals surface area contributed by atoms with E-state index >= 15 is 0 Å². The minimum absolute atomic E-state index is 0.00513. The van der Waals surface area contributed by atoms with Crippen LogP contribution >= 0.6 is 0 Å². The van der Waals surface area contributed by atoms with Crippen molar-refractivity contribution in [1.82, 2.24) is 15.1 Å². The zero-order valence-corrected chi connectivity index (χ0v) is 22.7. The Balaban J connectivity index is 1.24. The first-order valence-corrected chi connectivity index (χ1v) is 13.3. The highest BCUT2D eigenvalue weighted by Gasteiger charge is 2.22. The first-order valence-electron chi connectivity index (χ1n) is 13.3. The topological polar surface area (TPSA) is 44.8 Å². The molecule has 0 saturated carbocycles. The third-order valence-electron chi connectivity index (χ3n) is 6.87. The molecule has 1 aliphatic rings. The van der Waals surface area contributed by atoms with Crippen molar-refractivity contribution in [3.63, 3.8) is 0 Å². The first-order chi connectivity index (χ1) is 17.8. The molecule has 196 valence electrons. The number of amides is 1. The molecule has 1 fully saturated rings. The van der Waals surface area contributed by atoms with Crippen molar-refractivity contribution in [2.45, 2.75) is 39.3 Å². The van der Waals surface area contributed by atoms with Crippen LogP contribution in [0.1, 0.15) is 42.6 Å². The number of nitrogens with one attached hydrogen (secondary N) is 1. The third kappa shape index (κ3) is 8.17. The van der Waals surface area contributed by atoms with E-state index in [1.165, 1.54) is 16.7 Å².